The van der Waals surface area contributed by atoms with Crippen molar-refractivity contribution in [1.82, 2.24) is 4.98 Å². The number of hydrogen-bond acceptors (Lipinski definition) is 6. The molecule has 1 aromatic heterocycles. The maximum atomic E-state index is 13.4. The van der Waals surface area contributed by atoms with Gasteiger partial charge in [0.15, 0.2) is 0 Å². The summed E-state index contributed by atoms with van der Waals surface area (Å²) in [6.07, 6.45) is 3.15. The summed E-state index contributed by atoms with van der Waals surface area (Å²) in [4.78, 5) is 43.7. The van der Waals surface area contributed by atoms with Crippen LogP contribution in [0, 0.1) is 0 Å². The molecule has 2 heterocycles. The highest BCUT2D eigenvalue weighted by molar-refractivity contribution is 6.51. The van der Waals surface area contributed by atoms with Crippen molar-refractivity contribution >= 4 is 34.7 Å². The standard InChI is InChI=1S/C30H31N3O5/c1-6-38-24-12-7-20(17-23(24)30(3,4)5)27(35)25-26(19-13-15-31-16-14-19)33(29(37)28(25)36)22-10-8-21(9-11-22)32-18(2)34/h7-17,26,35H,6H2,1-5H3,(H,32,34)/b27-25-. The highest BCUT2D eigenvalue weighted by Gasteiger charge is 2.47. The fourth-order valence-corrected chi connectivity index (χ4v) is 4.57. The molecule has 4 rings (SSSR count). The highest BCUT2D eigenvalue weighted by atomic mass is 16.5. The number of aliphatic hydroxyl groups is 1. The van der Waals surface area contributed by atoms with E-state index in [1.54, 1.807) is 67.0 Å². The molecule has 196 valence electrons. The second-order valence-electron chi connectivity index (χ2n) is 10.1. The summed E-state index contributed by atoms with van der Waals surface area (Å²) >= 11 is 0. The van der Waals surface area contributed by atoms with Crippen LogP contribution in [-0.2, 0) is 19.8 Å². The number of aliphatic hydroxyl groups excluding tert-OH is 1. The van der Waals surface area contributed by atoms with Crippen LogP contribution >= 0.6 is 0 Å². The molecular formula is C30H31N3O5. The number of aromatic nitrogens is 1. The first-order valence-corrected chi connectivity index (χ1v) is 12.4. The van der Waals surface area contributed by atoms with Crippen molar-refractivity contribution in [2.24, 2.45) is 0 Å². The lowest BCUT2D eigenvalue weighted by atomic mass is 9.84. The van der Waals surface area contributed by atoms with Crippen LogP contribution in [-0.4, -0.2) is 34.3 Å². The van der Waals surface area contributed by atoms with Crippen LogP contribution in [0.25, 0.3) is 5.76 Å². The van der Waals surface area contributed by atoms with Crippen LogP contribution in [0.1, 0.15) is 57.4 Å². The lowest BCUT2D eigenvalue weighted by molar-refractivity contribution is -0.132. The Morgan fingerprint density at radius 3 is 2.29 bits per heavy atom. The number of anilines is 2. The Labute approximate surface area is 222 Å². The van der Waals surface area contributed by atoms with E-state index in [1.807, 2.05) is 27.7 Å². The number of nitrogens with zero attached hydrogens (tertiary/aromatic N) is 2. The summed E-state index contributed by atoms with van der Waals surface area (Å²) in [6.45, 7) is 9.91. The normalized spacial score (nSPS) is 17.0. The van der Waals surface area contributed by atoms with Crippen molar-refractivity contribution in [3.05, 3.63) is 89.3 Å². The largest absolute Gasteiger partial charge is 0.507 e. The van der Waals surface area contributed by atoms with E-state index in [9.17, 15) is 19.5 Å². The van der Waals surface area contributed by atoms with Gasteiger partial charge in [0.1, 0.15) is 11.5 Å². The summed E-state index contributed by atoms with van der Waals surface area (Å²) in [5, 5.41) is 14.2. The molecule has 1 saturated heterocycles. The zero-order valence-corrected chi connectivity index (χ0v) is 22.1. The third-order valence-corrected chi connectivity index (χ3v) is 6.29. The summed E-state index contributed by atoms with van der Waals surface area (Å²) in [6, 6.07) is 14.4. The molecule has 1 atom stereocenters. The van der Waals surface area contributed by atoms with Crippen LogP contribution in [0.15, 0.2) is 72.6 Å². The van der Waals surface area contributed by atoms with Crippen LogP contribution < -0.4 is 15.0 Å². The number of amides is 2. The van der Waals surface area contributed by atoms with Crippen LogP contribution in [0.2, 0.25) is 0 Å². The van der Waals surface area contributed by atoms with E-state index in [-0.39, 0.29) is 22.7 Å². The van der Waals surface area contributed by atoms with Gasteiger partial charge in [-0.3, -0.25) is 24.3 Å². The summed E-state index contributed by atoms with van der Waals surface area (Å²) in [7, 11) is 0. The Bertz CT molecular complexity index is 1410. The molecule has 8 heteroatoms. The van der Waals surface area contributed by atoms with Crippen molar-refractivity contribution in [2.45, 2.75) is 46.1 Å². The number of hydrogen-bond donors (Lipinski definition) is 2. The molecule has 0 saturated carbocycles. The number of nitrogens with one attached hydrogen (secondary N) is 1. The van der Waals surface area contributed by atoms with Gasteiger partial charge in [-0.15, -0.1) is 0 Å². The van der Waals surface area contributed by atoms with E-state index in [1.165, 1.54) is 11.8 Å². The second-order valence-corrected chi connectivity index (χ2v) is 10.1. The maximum Gasteiger partial charge on any atom is 0.300 e. The zero-order valence-electron chi connectivity index (χ0n) is 22.1. The Hall–Kier alpha value is -4.46. The Morgan fingerprint density at radius 2 is 1.71 bits per heavy atom. The number of ketones is 1. The van der Waals surface area contributed by atoms with E-state index >= 15 is 0 Å². The van der Waals surface area contributed by atoms with Crippen LogP contribution in [0.4, 0.5) is 11.4 Å². The van der Waals surface area contributed by atoms with Crippen molar-refractivity contribution in [2.75, 3.05) is 16.8 Å². The number of pyridine rings is 1. The van der Waals surface area contributed by atoms with Gasteiger partial charge in [-0.2, -0.15) is 0 Å². The average Bonchev–Trinajstić information content (AvgIpc) is 3.14. The molecular weight excluding hydrogens is 482 g/mol. The maximum absolute atomic E-state index is 13.4. The van der Waals surface area contributed by atoms with E-state index in [4.69, 9.17) is 4.74 Å². The van der Waals surface area contributed by atoms with Gasteiger partial charge < -0.3 is 15.2 Å². The minimum atomic E-state index is -0.880. The number of Topliss-reactive ketones (excluding diaryl/α,β-unsaturated/α-hetero) is 1. The van der Waals surface area contributed by atoms with Gasteiger partial charge in [-0.05, 0) is 72.5 Å². The van der Waals surface area contributed by atoms with Gasteiger partial charge in [-0.25, -0.2) is 0 Å². The predicted molar refractivity (Wildman–Crippen MR) is 146 cm³/mol. The number of rotatable bonds is 6. The Morgan fingerprint density at radius 1 is 1.05 bits per heavy atom. The van der Waals surface area contributed by atoms with Crippen molar-refractivity contribution in [3.8, 4) is 5.75 Å². The number of benzene rings is 2. The van der Waals surface area contributed by atoms with E-state index < -0.39 is 17.7 Å². The lowest BCUT2D eigenvalue weighted by Crippen LogP contribution is -2.29. The molecule has 1 unspecified atom stereocenters. The lowest BCUT2D eigenvalue weighted by Gasteiger charge is -2.26. The molecule has 0 bridgehead atoms. The molecule has 0 radical (unpaired) electrons. The van der Waals surface area contributed by atoms with E-state index in [0.29, 0.717) is 34.9 Å². The molecule has 2 aromatic carbocycles. The smallest absolute Gasteiger partial charge is 0.300 e. The van der Waals surface area contributed by atoms with Gasteiger partial charge in [-0.1, -0.05) is 20.8 Å². The van der Waals surface area contributed by atoms with Crippen molar-refractivity contribution in [3.63, 3.8) is 0 Å². The molecule has 3 aromatic rings. The Balaban J connectivity index is 1.88. The van der Waals surface area contributed by atoms with Crippen LogP contribution in [0.5, 0.6) is 5.75 Å². The monoisotopic (exact) mass is 513 g/mol. The van der Waals surface area contributed by atoms with Crippen molar-refractivity contribution in [1.29, 1.82) is 0 Å². The molecule has 38 heavy (non-hydrogen) atoms. The van der Waals surface area contributed by atoms with E-state index in [0.717, 1.165) is 5.56 Å². The topological polar surface area (TPSA) is 109 Å². The van der Waals surface area contributed by atoms with Gasteiger partial charge in [0, 0.05) is 41.8 Å². The zero-order chi connectivity index (χ0) is 27.6. The fraction of sp³-hybridized carbons (Fsp3) is 0.267. The minimum absolute atomic E-state index is 0.0174. The molecule has 2 amide bonds. The number of ether oxygens (including phenoxy) is 1. The first-order chi connectivity index (χ1) is 18.0. The van der Waals surface area contributed by atoms with Gasteiger partial charge in [0.25, 0.3) is 11.7 Å². The summed E-state index contributed by atoms with van der Waals surface area (Å²) in [5.74, 6) is -1.35. The van der Waals surface area contributed by atoms with Crippen molar-refractivity contribution < 1.29 is 24.2 Å². The quantitative estimate of drug-likeness (QED) is 0.261. The summed E-state index contributed by atoms with van der Waals surface area (Å²) in [5.41, 5.74) is 2.59. The van der Waals surface area contributed by atoms with Crippen LogP contribution in [0.3, 0.4) is 0 Å². The molecule has 0 spiro atoms. The average molecular weight is 514 g/mol. The van der Waals surface area contributed by atoms with Gasteiger partial charge in [0.2, 0.25) is 5.91 Å². The molecule has 1 aliphatic rings. The highest BCUT2D eigenvalue weighted by Crippen LogP contribution is 2.43. The van der Waals surface area contributed by atoms with Gasteiger partial charge in [0.05, 0.1) is 18.2 Å². The SMILES string of the molecule is CCOc1ccc(/C(O)=C2/C(=O)C(=O)N(c3ccc(NC(C)=O)cc3)C2c2ccncc2)cc1C(C)(C)C. The number of carbonyl (C=O) groups excluding carboxylic acids is 3. The summed E-state index contributed by atoms with van der Waals surface area (Å²) < 4.78 is 5.80. The second kappa shape index (κ2) is 10.5. The Kier molecular flexibility index (Phi) is 7.35. The molecule has 2 N–H and O–H groups in total. The number of carbonyl (C=O) groups is 3. The molecule has 0 aliphatic carbocycles. The predicted octanol–water partition coefficient (Wildman–Crippen LogP) is 5.36. The third-order valence-electron chi connectivity index (χ3n) is 6.29. The van der Waals surface area contributed by atoms with Gasteiger partial charge >= 0.3 is 0 Å². The molecule has 1 aliphatic heterocycles. The fourth-order valence-electron chi connectivity index (χ4n) is 4.57. The first kappa shape index (κ1) is 26.6. The molecule has 8 nitrogen and oxygen atoms in total. The first-order valence-electron chi connectivity index (χ1n) is 12.4. The molecule has 1 fully saturated rings. The van der Waals surface area contributed by atoms with E-state index in [2.05, 4.69) is 10.3 Å². The minimum Gasteiger partial charge on any atom is -0.507 e. The third kappa shape index (κ3) is 5.16.